The lowest BCUT2D eigenvalue weighted by Gasteiger charge is -2.48. The van der Waals surface area contributed by atoms with Crippen LogP contribution in [0.25, 0.3) is 11.3 Å². The number of carbonyl (C=O) groups is 2. The van der Waals surface area contributed by atoms with Crippen LogP contribution in [0, 0.1) is 11.6 Å². The number of nitrogens with one attached hydrogen (secondary N) is 1. The highest BCUT2D eigenvalue weighted by Gasteiger charge is 2.53. The molecule has 1 spiro atoms. The number of ether oxygens (including phenoxy) is 2. The summed E-state index contributed by atoms with van der Waals surface area (Å²) >= 11 is -1.99. The molecule has 22 heteroatoms. The predicted molar refractivity (Wildman–Crippen MR) is 224 cm³/mol. The molecule has 346 valence electrons. The second kappa shape index (κ2) is 21.1. The van der Waals surface area contributed by atoms with Gasteiger partial charge >= 0.3 is 10.1 Å². The lowest BCUT2D eigenvalue weighted by Crippen LogP contribution is -2.62. The molecule has 3 aromatic rings. The van der Waals surface area contributed by atoms with E-state index in [-0.39, 0.29) is 50.3 Å². The van der Waals surface area contributed by atoms with Gasteiger partial charge in [0.1, 0.15) is 30.0 Å². The Morgan fingerprint density at radius 2 is 1.71 bits per heavy atom. The number of hydrogen-bond acceptors (Lipinski definition) is 12. The van der Waals surface area contributed by atoms with Gasteiger partial charge in [-0.2, -0.15) is 26.3 Å². The van der Waals surface area contributed by atoms with Crippen LogP contribution in [-0.4, -0.2) is 133 Å². The normalized spacial score (nSPS) is 16.9. The van der Waals surface area contributed by atoms with E-state index in [0.29, 0.717) is 44.5 Å². The average molecular weight is 1010 g/mol. The van der Waals surface area contributed by atoms with Gasteiger partial charge in [-0.1, -0.05) is 23.4 Å². The molecule has 1 aliphatic heterocycles. The van der Waals surface area contributed by atoms with Crippen molar-refractivity contribution in [1.29, 1.82) is 0 Å². The quantitative estimate of drug-likeness (QED) is 0.0309. The first-order valence-corrected chi connectivity index (χ1v) is 22.3. The minimum absolute atomic E-state index is 0.000583. The number of aromatic nitrogens is 2. The Balaban J connectivity index is 1.31. The fraction of sp³-hybridized carbons (Fsp3) is 0.488. The maximum absolute atomic E-state index is 15.7. The zero-order chi connectivity index (χ0) is 46.3. The number of benzene rings is 2. The van der Waals surface area contributed by atoms with Gasteiger partial charge < -0.3 is 40.1 Å². The van der Waals surface area contributed by atoms with Gasteiger partial charge in [-0.25, -0.2) is 19.4 Å². The predicted octanol–water partition coefficient (Wildman–Crippen LogP) is 5.67. The van der Waals surface area contributed by atoms with E-state index >= 15 is 8.78 Å². The van der Waals surface area contributed by atoms with Gasteiger partial charge in [0.25, 0.3) is 11.8 Å². The lowest BCUT2D eigenvalue weighted by atomic mass is 9.88. The summed E-state index contributed by atoms with van der Waals surface area (Å²) in [6, 6.07) is 5.16. The van der Waals surface area contributed by atoms with Crippen molar-refractivity contribution < 1.29 is 70.2 Å². The molecule has 63 heavy (non-hydrogen) atoms. The van der Waals surface area contributed by atoms with Crippen molar-refractivity contribution in [2.24, 2.45) is 0 Å². The number of rotatable bonds is 20. The topological polar surface area (TPSA) is 181 Å². The number of anilines is 1. The molecule has 2 amide bonds. The van der Waals surface area contributed by atoms with Crippen LogP contribution >= 0.6 is 20.7 Å². The number of halogens is 8. The number of amides is 2. The largest absolute Gasteiger partial charge is 0.509 e. The Kier molecular flexibility index (Phi) is 16.6. The highest BCUT2D eigenvalue weighted by atomic mass is 127. The molecule has 1 saturated carbocycles. The highest BCUT2D eigenvalue weighted by Crippen LogP contribution is 2.46. The molecule has 1 aromatic heterocycles. The van der Waals surface area contributed by atoms with Gasteiger partial charge in [0.15, 0.2) is 11.6 Å². The van der Waals surface area contributed by atoms with Crippen molar-refractivity contribution in [3.05, 3.63) is 82.5 Å². The number of alkyl halides is 6. The Morgan fingerprint density at radius 1 is 1.02 bits per heavy atom. The second-order valence-electron chi connectivity index (χ2n) is 15.1. The highest BCUT2D eigenvalue weighted by molar-refractivity contribution is 14.2. The summed E-state index contributed by atoms with van der Waals surface area (Å²) in [6.07, 6.45) is -3.71. The van der Waals surface area contributed by atoms with E-state index in [4.69, 9.17) is 14.6 Å². The van der Waals surface area contributed by atoms with Crippen LogP contribution in [-0.2, 0) is 31.0 Å². The number of aliphatic hydroxyl groups is 4. The van der Waals surface area contributed by atoms with Gasteiger partial charge in [0, 0.05) is 31.3 Å². The molecular formula is C41H48F7IN6O8. The van der Waals surface area contributed by atoms with E-state index in [2.05, 4.69) is 19.8 Å². The minimum atomic E-state index is -4.90. The van der Waals surface area contributed by atoms with Gasteiger partial charge in [0.2, 0.25) is 5.82 Å². The molecule has 1 aliphatic carbocycles. The molecule has 0 bridgehead atoms. The first-order chi connectivity index (χ1) is 29.7. The molecule has 5 rings (SSSR count). The third-order valence-corrected chi connectivity index (χ3v) is 12.4. The summed E-state index contributed by atoms with van der Waals surface area (Å²) < 4.78 is 113. The average Bonchev–Trinajstić information content (AvgIpc) is 3.75. The molecule has 2 aromatic carbocycles. The molecule has 5 N–H and O–H groups in total. The maximum atomic E-state index is 15.7. The molecule has 14 nitrogen and oxygen atoms in total. The summed E-state index contributed by atoms with van der Waals surface area (Å²) in [6.45, 7) is -0.254. The molecule has 0 saturated heterocycles. The molecule has 2 aliphatic rings. The van der Waals surface area contributed by atoms with Crippen LogP contribution in [0.3, 0.4) is 0 Å². The molecule has 0 radical (unpaired) electrons. The third kappa shape index (κ3) is 11.7. The number of hydrazine groups is 1. The molecule has 2 heterocycles. The maximum Gasteiger partial charge on any atom is 0.416 e. The molecule has 2 atom stereocenters. The van der Waals surface area contributed by atoms with Crippen molar-refractivity contribution in [3.8, 4) is 17.0 Å². The monoisotopic (exact) mass is 1010 g/mol. The Labute approximate surface area is 368 Å². The van der Waals surface area contributed by atoms with Crippen LogP contribution in [0.15, 0.2) is 54.1 Å². The van der Waals surface area contributed by atoms with E-state index in [0.717, 1.165) is 29.5 Å². The smallest absolute Gasteiger partial charge is 0.416 e. The van der Waals surface area contributed by atoms with Gasteiger partial charge in [0.05, 0.1) is 61.1 Å². The minimum Gasteiger partial charge on any atom is -0.509 e. The van der Waals surface area contributed by atoms with E-state index in [1.165, 1.54) is 18.1 Å². The van der Waals surface area contributed by atoms with E-state index < -0.39 is 125 Å². The Hall–Kier alpha value is -4.33. The fourth-order valence-corrected chi connectivity index (χ4v) is 8.04. The first-order valence-electron chi connectivity index (χ1n) is 19.7. The van der Waals surface area contributed by atoms with Crippen LogP contribution in [0.2, 0.25) is 0 Å². The SMILES string of the molecule is C=IC(F)(F)c1cc(-c2cc(C(F)(F)F)ccc2NC(=O)C2=C(O)C3(CCCC3)N(C)N(Cc3ccc(OCCOCCN(C)C[C@H](O)CCC(O)CO)c(F)c3F)C2=O)ncn1. The van der Waals surface area contributed by atoms with Gasteiger partial charge in [-0.3, -0.25) is 14.6 Å². The lowest BCUT2D eigenvalue weighted by molar-refractivity contribution is -0.163. The van der Waals surface area contributed by atoms with Crippen LogP contribution in [0.4, 0.5) is 36.4 Å². The number of carbonyl (C=O) groups excluding carboxylic acids is 2. The van der Waals surface area contributed by atoms with Crippen LogP contribution < -0.4 is 10.1 Å². The van der Waals surface area contributed by atoms with Crippen molar-refractivity contribution in [1.82, 2.24) is 24.9 Å². The van der Waals surface area contributed by atoms with Crippen molar-refractivity contribution in [3.63, 3.8) is 0 Å². The first kappa shape index (κ1) is 49.7. The number of hydrogen-bond donors (Lipinski definition) is 5. The van der Waals surface area contributed by atoms with Crippen LogP contribution in [0.5, 0.6) is 5.75 Å². The van der Waals surface area contributed by atoms with Crippen molar-refractivity contribution in [2.45, 2.75) is 72.9 Å². The number of nitrogens with zero attached hydrogens (tertiary/aromatic N) is 5. The van der Waals surface area contributed by atoms with Crippen molar-refractivity contribution >= 4 is 42.7 Å². The summed E-state index contributed by atoms with van der Waals surface area (Å²) in [5, 5.41) is 44.7. The summed E-state index contributed by atoms with van der Waals surface area (Å²) in [7, 11) is 3.19. The Morgan fingerprint density at radius 3 is 2.38 bits per heavy atom. The summed E-state index contributed by atoms with van der Waals surface area (Å²) in [5.74, 6) is -6.26. The molecule has 1 unspecified atom stereocenters. The van der Waals surface area contributed by atoms with Crippen molar-refractivity contribution in [2.75, 3.05) is 58.9 Å². The second-order valence-corrected chi connectivity index (χ2v) is 17.2. The number of aliphatic hydroxyl groups excluding tert-OH is 4. The standard InChI is InChI=1S/C41H48F7IN6O8/c1-49-41(47,48)32-19-30(50-23-51-32)28-18-25(40(44,45)46)7-10-29(28)52-37(60)33-36(59)39(12-4-5-13-39)54(3)55(38(33)61)20-24-6-11-31(35(43)34(24)42)63-17-16-62-15-14-53(2)21-26(57)8-9-27(58)22-56/h6-7,10-11,18-19,23,26-27,56-59H,1,4-5,8-9,12-17,20-22H2,2-3H3,(H,52,60)/t26-,27?/m1/s1. The zero-order valence-corrected chi connectivity index (χ0v) is 36.4. The van der Waals surface area contributed by atoms with Gasteiger partial charge in [-0.15, -0.1) is 0 Å². The zero-order valence-electron chi connectivity index (χ0n) is 34.3. The summed E-state index contributed by atoms with van der Waals surface area (Å²) in [5.41, 5.74) is -5.75. The molecular weight excluding hydrogens is 964 g/mol. The van der Waals surface area contributed by atoms with Gasteiger partial charge in [-0.05, 0) is 83.8 Å². The summed E-state index contributed by atoms with van der Waals surface area (Å²) in [4.78, 5) is 37.5. The molecule has 1 fully saturated rings. The third-order valence-electron chi connectivity index (χ3n) is 10.9. The van der Waals surface area contributed by atoms with E-state index in [1.807, 2.05) is 0 Å². The van der Waals surface area contributed by atoms with E-state index in [1.54, 1.807) is 11.9 Å². The fourth-order valence-electron chi connectivity index (χ4n) is 7.36. The number of likely N-dealkylation sites (N-methyl/N-ethyl adjacent to an activating group) is 2. The Bertz CT molecular complexity index is 2160. The van der Waals surface area contributed by atoms with Crippen LogP contribution in [0.1, 0.15) is 55.3 Å². The van der Waals surface area contributed by atoms with E-state index in [9.17, 15) is 46.9 Å².